The van der Waals surface area contributed by atoms with E-state index in [1.54, 1.807) is 0 Å². The van der Waals surface area contributed by atoms with E-state index in [1.165, 1.54) is 34.3 Å². The first-order chi connectivity index (χ1) is 20.9. The maximum absolute atomic E-state index is 16.0. The lowest BCUT2D eigenvalue weighted by atomic mass is 10.1. The molecule has 24 heteroatoms. The summed E-state index contributed by atoms with van der Waals surface area (Å²) in [5.41, 5.74) is 5.82. The third-order valence-corrected chi connectivity index (χ3v) is 10.4. The first-order valence-electron chi connectivity index (χ1n) is 12.7. The summed E-state index contributed by atoms with van der Waals surface area (Å²) in [4.78, 5) is 39.2. The molecule has 3 aliphatic rings. The van der Waals surface area contributed by atoms with E-state index in [0.717, 1.165) is 0 Å². The van der Waals surface area contributed by atoms with Crippen LogP contribution in [-0.2, 0) is 43.9 Å². The number of nitrogens with one attached hydrogen (secondary N) is 1. The van der Waals surface area contributed by atoms with Gasteiger partial charge >= 0.3 is 13.5 Å². The summed E-state index contributed by atoms with van der Waals surface area (Å²) >= 11 is 9.21. The van der Waals surface area contributed by atoms with Gasteiger partial charge in [-0.1, -0.05) is 12.2 Å². The molecule has 0 radical (unpaired) electrons. The Bertz CT molecular complexity index is 1900. The first kappa shape index (κ1) is 30.2. The Morgan fingerprint density at radius 2 is 1.77 bits per heavy atom. The summed E-state index contributed by atoms with van der Waals surface area (Å²) in [7, 11) is 0. The van der Waals surface area contributed by atoms with Crippen molar-refractivity contribution in [1.82, 2.24) is 39.3 Å². The summed E-state index contributed by atoms with van der Waals surface area (Å²) < 4.78 is 66.0. The predicted octanol–water partition coefficient (Wildman–Crippen LogP) is 0.107. The molecule has 7 heterocycles. The van der Waals surface area contributed by atoms with Crippen LogP contribution in [0.25, 0.3) is 22.2 Å². The lowest BCUT2D eigenvalue weighted by Gasteiger charge is -2.27. The van der Waals surface area contributed by atoms with Crippen molar-refractivity contribution >= 4 is 65.6 Å². The fourth-order valence-electron chi connectivity index (χ4n) is 5.21. The second kappa shape index (κ2) is 11.1. The number of nitrogens with two attached hydrogens (primary N) is 1. The van der Waals surface area contributed by atoms with Crippen molar-refractivity contribution in [3.05, 3.63) is 35.5 Å². The Balaban J connectivity index is 1.20. The van der Waals surface area contributed by atoms with E-state index in [9.17, 15) is 19.4 Å². The molecule has 7 rings (SSSR count). The molecule has 0 saturated carbocycles. The minimum Gasteiger partial charge on any atom is -0.387 e. The van der Waals surface area contributed by atoms with Crippen molar-refractivity contribution in [2.24, 2.45) is 0 Å². The molecule has 44 heavy (non-hydrogen) atoms. The number of nitrogens with zero attached hydrogens (tertiary/aromatic N) is 7. The quantitative estimate of drug-likeness (QED) is 0.138. The van der Waals surface area contributed by atoms with Crippen LogP contribution in [0.5, 0.6) is 0 Å². The van der Waals surface area contributed by atoms with E-state index in [4.69, 9.17) is 45.1 Å². The van der Waals surface area contributed by atoms with Gasteiger partial charge in [0.2, 0.25) is 0 Å². The summed E-state index contributed by atoms with van der Waals surface area (Å²) in [6, 6.07) is 0. The van der Waals surface area contributed by atoms with Crippen molar-refractivity contribution in [3.63, 3.8) is 0 Å². The van der Waals surface area contributed by atoms with Crippen LogP contribution in [0.3, 0.4) is 0 Å². The average molecular weight is 694 g/mol. The molecular formula is C20H22FN9O10P2S2. The SMILES string of the molecule is Nc1ncnc2c1ncn2[C@@H]1O[C@@H]2COP(=O)(S)O[C@@H]3C(O)[C@@H](COP(O)(=S)O[C@H]2[C@H]1F)O[C@H]3n1cnc2c(=O)[nH]ncc21. The van der Waals surface area contributed by atoms with E-state index < -0.39 is 81.4 Å². The Labute approximate surface area is 254 Å². The highest BCUT2D eigenvalue weighted by Crippen LogP contribution is 2.58. The molecule has 0 aliphatic carbocycles. The molecule has 3 fully saturated rings. The summed E-state index contributed by atoms with van der Waals surface area (Å²) in [6.45, 7) is -9.80. The van der Waals surface area contributed by atoms with Crippen molar-refractivity contribution in [3.8, 4) is 0 Å². The van der Waals surface area contributed by atoms with Crippen LogP contribution in [0.4, 0.5) is 10.2 Å². The Morgan fingerprint density at radius 1 is 1.05 bits per heavy atom. The number of fused-ring (bicyclic) bond motifs is 5. The molecule has 0 aromatic carbocycles. The lowest BCUT2D eigenvalue weighted by Crippen LogP contribution is -2.35. The van der Waals surface area contributed by atoms with Gasteiger partial charge in [0.25, 0.3) is 5.56 Å². The van der Waals surface area contributed by atoms with Gasteiger partial charge in [-0.3, -0.25) is 27.5 Å². The average Bonchev–Trinajstić information content (AvgIpc) is 3.73. The van der Waals surface area contributed by atoms with Crippen LogP contribution in [0, 0.1) is 0 Å². The number of aromatic amines is 1. The number of thiol groups is 1. The number of ether oxygens (including phenoxy) is 2. The molecule has 3 saturated heterocycles. The summed E-state index contributed by atoms with van der Waals surface area (Å²) in [6.07, 6.45) is -6.92. The minimum atomic E-state index is -4.37. The lowest BCUT2D eigenvalue weighted by molar-refractivity contribution is -0.0583. The number of imidazole rings is 2. The topological polar surface area (TPSA) is 246 Å². The molecule has 3 unspecified atom stereocenters. The van der Waals surface area contributed by atoms with E-state index in [1.807, 2.05) is 0 Å². The van der Waals surface area contributed by atoms with Crippen molar-refractivity contribution < 1.29 is 46.5 Å². The number of halogens is 1. The third kappa shape index (κ3) is 5.27. The number of hydrogen-bond donors (Lipinski definition) is 5. The van der Waals surface area contributed by atoms with Gasteiger partial charge < -0.3 is 29.7 Å². The summed E-state index contributed by atoms with van der Waals surface area (Å²) in [5, 5.41) is 17.1. The highest BCUT2D eigenvalue weighted by Gasteiger charge is 2.53. The van der Waals surface area contributed by atoms with Crippen LogP contribution < -0.4 is 11.3 Å². The van der Waals surface area contributed by atoms with Gasteiger partial charge in [-0.25, -0.2) is 34.0 Å². The molecule has 2 bridgehead atoms. The second-order valence-corrected chi connectivity index (χ2v) is 15.6. The number of aliphatic hydroxyl groups excluding tert-OH is 1. The zero-order chi connectivity index (χ0) is 31.0. The normalized spacial score (nSPS) is 38.3. The van der Waals surface area contributed by atoms with Crippen molar-refractivity contribution in [1.29, 1.82) is 0 Å². The van der Waals surface area contributed by atoms with Gasteiger partial charge in [-0.2, -0.15) is 5.10 Å². The molecule has 10 atom stereocenters. The highest BCUT2D eigenvalue weighted by molar-refractivity contribution is 8.44. The maximum atomic E-state index is 16.0. The monoisotopic (exact) mass is 693 g/mol. The minimum absolute atomic E-state index is 0.00934. The molecule has 236 valence electrons. The number of alkyl halides is 1. The number of H-pyrrole nitrogens is 1. The smallest absolute Gasteiger partial charge is 0.386 e. The van der Waals surface area contributed by atoms with Crippen LogP contribution in [0.1, 0.15) is 12.5 Å². The molecule has 3 aliphatic heterocycles. The Morgan fingerprint density at radius 3 is 2.59 bits per heavy atom. The number of anilines is 1. The molecular weight excluding hydrogens is 671 g/mol. The van der Waals surface area contributed by atoms with Gasteiger partial charge in [0.1, 0.15) is 42.4 Å². The Kier molecular flexibility index (Phi) is 7.63. The zero-order valence-electron chi connectivity index (χ0n) is 21.8. The van der Waals surface area contributed by atoms with E-state index in [2.05, 4.69) is 42.4 Å². The number of aromatic nitrogens is 8. The van der Waals surface area contributed by atoms with Crippen LogP contribution in [0.15, 0.2) is 30.0 Å². The molecule has 0 amide bonds. The fourth-order valence-corrected chi connectivity index (χ4v) is 8.11. The van der Waals surface area contributed by atoms with Gasteiger partial charge in [-0.05, 0) is 11.8 Å². The second-order valence-electron chi connectivity index (χ2n) is 9.90. The van der Waals surface area contributed by atoms with Crippen LogP contribution >= 0.6 is 25.8 Å². The van der Waals surface area contributed by atoms with Gasteiger partial charge in [-0.15, -0.1) is 0 Å². The number of hydrogen-bond acceptors (Lipinski definition) is 16. The number of aliphatic hydroxyl groups is 1. The standard InChI is InChI=1S/C20H22FN9O10P2S2/c21-10-14-9(38-19(10)30-6-26-12-16(22)23-4-24-17(12)30)3-36-42(34,44)40-15-13(31)8(2-35-41(33,43)39-14)37-20(15)29-5-25-11-7(29)1-27-28-18(11)32/h1,4-6,8-10,13-15,19-20,31H,2-3H2,(H,28,32)(H,33,43)(H,34,44)(H2,22,23,24)/t8-,9-,10-,13?,14-,15-,19-,20-,41?,42?/m1/s1. The third-order valence-electron chi connectivity index (χ3n) is 7.23. The highest BCUT2D eigenvalue weighted by atomic mass is 32.7. The van der Waals surface area contributed by atoms with Crippen LogP contribution in [-0.4, -0.2) is 99.2 Å². The van der Waals surface area contributed by atoms with Crippen molar-refractivity contribution in [2.75, 3.05) is 18.9 Å². The number of rotatable bonds is 2. The molecule has 0 spiro atoms. The van der Waals surface area contributed by atoms with Gasteiger partial charge in [0.05, 0.1) is 37.6 Å². The van der Waals surface area contributed by atoms with E-state index >= 15 is 4.39 Å². The zero-order valence-corrected chi connectivity index (χ0v) is 25.3. The fraction of sp³-hybridized carbons (Fsp3) is 0.500. The maximum Gasteiger partial charge on any atom is 0.386 e. The van der Waals surface area contributed by atoms with E-state index in [-0.39, 0.29) is 28.0 Å². The Hall–Kier alpha value is -2.46. The molecule has 5 N–H and O–H groups in total. The number of nitrogen functional groups attached to an aromatic ring is 1. The first-order valence-corrected chi connectivity index (χ1v) is 18.0. The predicted molar refractivity (Wildman–Crippen MR) is 151 cm³/mol. The van der Waals surface area contributed by atoms with Crippen LogP contribution in [0.2, 0.25) is 0 Å². The molecule has 4 aromatic heterocycles. The largest absolute Gasteiger partial charge is 0.387 e. The summed E-state index contributed by atoms with van der Waals surface area (Å²) in [5.74, 6) is 0.0563. The molecule has 4 aromatic rings. The van der Waals surface area contributed by atoms with Gasteiger partial charge in [0, 0.05) is 0 Å². The van der Waals surface area contributed by atoms with E-state index in [0.29, 0.717) is 0 Å². The molecule has 19 nitrogen and oxygen atoms in total. The van der Waals surface area contributed by atoms with Gasteiger partial charge in [0.15, 0.2) is 35.6 Å². The van der Waals surface area contributed by atoms with Crippen molar-refractivity contribution in [2.45, 2.75) is 49.1 Å².